The fourth-order valence-corrected chi connectivity index (χ4v) is 2.57. The van der Waals surface area contributed by atoms with Crippen LogP contribution in [-0.4, -0.2) is 75.4 Å². The van der Waals surface area contributed by atoms with Crippen molar-refractivity contribution in [2.45, 2.75) is 95.8 Å². The van der Waals surface area contributed by atoms with Crippen LogP contribution in [-0.2, 0) is 19.0 Å². The minimum Gasteiger partial charge on any atom is -0.460 e. The molecule has 0 saturated carbocycles. The Labute approximate surface area is 148 Å². The van der Waals surface area contributed by atoms with Crippen LogP contribution in [0, 0.1) is 0 Å². The van der Waals surface area contributed by atoms with Crippen LogP contribution >= 0.6 is 0 Å². The first-order valence-corrected chi connectivity index (χ1v) is 8.73. The molecule has 6 unspecified atom stereocenters. The second-order valence-corrected chi connectivity index (χ2v) is 7.48. The van der Waals surface area contributed by atoms with Gasteiger partial charge in [0.1, 0.15) is 30.0 Å². The number of rotatable bonds is 8. The van der Waals surface area contributed by atoms with Crippen molar-refractivity contribution in [3.05, 3.63) is 0 Å². The Balaban J connectivity index is 2.32. The highest BCUT2D eigenvalue weighted by molar-refractivity contribution is 5.69. The predicted octanol–water partition coefficient (Wildman–Crippen LogP) is 0.0935. The standard InChI is InChI=1S/C17H32O8/c1-10(7-5-6-8-12(19)25-17(2,3)4)23-16-15(22)14(21)13(20)11(9-18)24-16/h10-11,13-16,18,20-22H,5-9H2,1-4H3. The molecule has 148 valence electrons. The summed E-state index contributed by atoms with van der Waals surface area (Å²) in [6.07, 6.45) is -4.34. The van der Waals surface area contributed by atoms with Gasteiger partial charge in [-0.1, -0.05) is 6.42 Å². The minimum atomic E-state index is -1.45. The van der Waals surface area contributed by atoms with E-state index in [2.05, 4.69) is 0 Å². The second kappa shape index (κ2) is 9.80. The third-order valence-electron chi connectivity index (χ3n) is 3.88. The normalized spacial score (nSPS) is 31.6. The number of hydrogen-bond acceptors (Lipinski definition) is 8. The van der Waals surface area contributed by atoms with Crippen LogP contribution in [0.5, 0.6) is 0 Å². The van der Waals surface area contributed by atoms with E-state index in [1.54, 1.807) is 6.92 Å². The van der Waals surface area contributed by atoms with Gasteiger partial charge in [0.15, 0.2) is 6.29 Å². The van der Waals surface area contributed by atoms with E-state index >= 15 is 0 Å². The third-order valence-corrected chi connectivity index (χ3v) is 3.88. The number of aliphatic hydroxyl groups excluding tert-OH is 4. The van der Waals surface area contributed by atoms with Crippen LogP contribution in [0.25, 0.3) is 0 Å². The Morgan fingerprint density at radius 1 is 1.12 bits per heavy atom. The molecule has 1 heterocycles. The number of carbonyl (C=O) groups is 1. The summed E-state index contributed by atoms with van der Waals surface area (Å²) in [6, 6.07) is 0. The average molecular weight is 364 g/mol. The maximum absolute atomic E-state index is 11.6. The summed E-state index contributed by atoms with van der Waals surface area (Å²) in [7, 11) is 0. The maximum Gasteiger partial charge on any atom is 0.306 e. The lowest BCUT2D eigenvalue weighted by Gasteiger charge is -2.40. The molecule has 8 nitrogen and oxygen atoms in total. The van der Waals surface area contributed by atoms with E-state index in [-0.39, 0.29) is 12.1 Å². The highest BCUT2D eigenvalue weighted by Gasteiger charge is 2.44. The Morgan fingerprint density at radius 3 is 2.32 bits per heavy atom. The van der Waals surface area contributed by atoms with Gasteiger partial charge < -0.3 is 34.6 Å². The topological polar surface area (TPSA) is 126 Å². The van der Waals surface area contributed by atoms with Crippen molar-refractivity contribution in [2.24, 2.45) is 0 Å². The molecule has 0 aliphatic carbocycles. The molecular formula is C17H32O8. The Morgan fingerprint density at radius 2 is 1.76 bits per heavy atom. The molecule has 1 aliphatic rings. The first-order chi connectivity index (χ1) is 11.5. The molecular weight excluding hydrogens is 332 g/mol. The summed E-state index contributed by atoms with van der Waals surface area (Å²) in [5, 5.41) is 38.5. The molecule has 0 aromatic heterocycles. The molecule has 8 heteroatoms. The number of unbranched alkanes of at least 4 members (excludes halogenated alkanes) is 1. The molecule has 0 spiro atoms. The Bertz CT molecular complexity index is 406. The molecule has 0 radical (unpaired) electrons. The van der Waals surface area contributed by atoms with Crippen LogP contribution in [0.15, 0.2) is 0 Å². The number of ether oxygens (including phenoxy) is 3. The van der Waals surface area contributed by atoms with Gasteiger partial charge >= 0.3 is 5.97 Å². The number of aliphatic hydroxyl groups is 4. The summed E-state index contributed by atoms with van der Waals surface area (Å²) in [4.78, 5) is 11.6. The number of hydrogen-bond donors (Lipinski definition) is 4. The Kier molecular flexibility index (Phi) is 8.73. The fraction of sp³-hybridized carbons (Fsp3) is 0.941. The third kappa shape index (κ3) is 7.55. The molecule has 1 rings (SSSR count). The van der Waals surface area contributed by atoms with E-state index in [0.29, 0.717) is 19.3 Å². The molecule has 1 aliphatic heterocycles. The summed E-state index contributed by atoms with van der Waals surface area (Å²) < 4.78 is 16.1. The van der Waals surface area contributed by atoms with Crippen LogP contribution in [0.2, 0.25) is 0 Å². The zero-order valence-corrected chi connectivity index (χ0v) is 15.4. The van der Waals surface area contributed by atoms with Crippen molar-refractivity contribution in [1.82, 2.24) is 0 Å². The monoisotopic (exact) mass is 364 g/mol. The molecule has 1 saturated heterocycles. The van der Waals surface area contributed by atoms with E-state index in [1.807, 2.05) is 20.8 Å². The van der Waals surface area contributed by atoms with Gasteiger partial charge in [-0.25, -0.2) is 0 Å². The highest BCUT2D eigenvalue weighted by Crippen LogP contribution is 2.24. The molecule has 0 bridgehead atoms. The summed E-state index contributed by atoms with van der Waals surface area (Å²) in [5.74, 6) is -0.241. The van der Waals surface area contributed by atoms with E-state index in [1.165, 1.54) is 0 Å². The van der Waals surface area contributed by atoms with Crippen LogP contribution in [0.3, 0.4) is 0 Å². The van der Waals surface area contributed by atoms with Gasteiger partial charge in [0.05, 0.1) is 12.7 Å². The van der Waals surface area contributed by atoms with Crippen LogP contribution < -0.4 is 0 Å². The molecule has 25 heavy (non-hydrogen) atoms. The van der Waals surface area contributed by atoms with E-state index in [9.17, 15) is 20.1 Å². The lowest BCUT2D eigenvalue weighted by Crippen LogP contribution is -2.59. The van der Waals surface area contributed by atoms with Crippen molar-refractivity contribution in [2.75, 3.05) is 6.61 Å². The van der Waals surface area contributed by atoms with Crippen LogP contribution in [0.4, 0.5) is 0 Å². The average Bonchev–Trinajstić information content (AvgIpc) is 2.50. The largest absolute Gasteiger partial charge is 0.460 e. The first kappa shape index (κ1) is 22.3. The van der Waals surface area contributed by atoms with Gasteiger partial charge in [-0.15, -0.1) is 0 Å². The van der Waals surface area contributed by atoms with E-state index < -0.39 is 42.9 Å². The number of esters is 1. The van der Waals surface area contributed by atoms with Crippen molar-refractivity contribution < 1.29 is 39.4 Å². The zero-order chi connectivity index (χ0) is 19.2. The molecule has 1 fully saturated rings. The number of carbonyl (C=O) groups excluding carboxylic acids is 1. The van der Waals surface area contributed by atoms with Gasteiger partial charge in [0, 0.05) is 6.42 Å². The molecule has 0 aromatic rings. The Hall–Kier alpha value is -0.770. The van der Waals surface area contributed by atoms with Gasteiger partial charge in [-0.3, -0.25) is 4.79 Å². The van der Waals surface area contributed by atoms with Crippen molar-refractivity contribution in [3.8, 4) is 0 Å². The molecule has 0 amide bonds. The highest BCUT2D eigenvalue weighted by atomic mass is 16.7. The van der Waals surface area contributed by atoms with Crippen LogP contribution in [0.1, 0.15) is 53.4 Å². The quantitative estimate of drug-likeness (QED) is 0.353. The lowest BCUT2D eigenvalue weighted by atomic mass is 9.99. The SMILES string of the molecule is CC(CCCCC(=O)OC(C)(C)C)OC1OC(CO)C(O)C(O)C1O. The smallest absolute Gasteiger partial charge is 0.306 e. The molecule has 6 atom stereocenters. The van der Waals surface area contributed by atoms with Gasteiger partial charge in [0.25, 0.3) is 0 Å². The van der Waals surface area contributed by atoms with Crippen molar-refractivity contribution in [1.29, 1.82) is 0 Å². The predicted molar refractivity (Wildman–Crippen MR) is 88.6 cm³/mol. The summed E-state index contributed by atoms with van der Waals surface area (Å²) in [6.45, 7) is 6.76. The summed E-state index contributed by atoms with van der Waals surface area (Å²) in [5.41, 5.74) is -0.489. The minimum absolute atomic E-state index is 0.241. The van der Waals surface area contributed by atoms with Crippen molar-refractivity contribution in [3.63, 3.8) is 0 Å². The van der Waals surface area contributed by atoms with E-state index in [0.717, 1.165) is 6.42 Å². The zero-order valence-electron chi connectivity index (χ0n) is 15.4. The second-order valence-electron chi connectivity index (χ2n) is 7.48. The lowest BCUT2D eigenvalue weighted by molar-refractivity contribution is -0.310. The molecule has 4 N–H and O–H groups in total. The van der Waals surface area contributed by atoms with E-state index in [4.69, 9.17) is 19.3 Å². The molecule has 0 aromatic carbocycles. The fourth-order valence-electron chi connectivity index (χ4n) is 2.57. The van der Waals surface area contributed by atoms with Crippen molar-refractivity contribution >= 4 is 5.97 Å². The first-order valence-electron chi connectivity index (χ1n) is 8.73. The van der Waals surface area contributed by atoms with Gasteiger partial charge in [-0.05, 0) is 40.5 Å². The maximum atomic E-state index is 11.6. The van der Waals surface area contributed by atoms with Gasteiger partial charge in [-0.2, -0.15) is 0 Å². The van der Waals surface area contributed by atoms with Gasteiger partial charge in [0.2, 0.25) is 0 Å². The summed E-state index contributed by atoms with van der Waals surface area (Å²) >= 11 is 0.